The lowest BCUT2D eigenvalue weighted by molar-refractivity contribution is 0.00729. The van der Waals surface area contributed by atoms with Crippen LogP contribution in [0.5, 0.6) is 5.75 Å². The van der Waals surface area contributed by atoms with Gasteiger partial charge in [-0.05, 0) is 80.0 Å². The molecule has 3 unspecified atom stereocenters. The van der Waals surface area contributed by atoms with Gasteiger partial charge in [0.1, 0.15) is 16.9 Å². The maximum atomic E-state index is 14.0. The number of rotatable bonds is 8. The fourth-order valence-electron chi connectivity index (χ4n) is 8.59. The largest absolute Gasteiger partial charge is 0.494 e. The third-order valence-corrected chi connectivity index (χ3v) is 11.2. The van der Waals surface area contributed by atoms with Crippen molar-refractivity contribution < 1.29 is 14.3 Å². The lowest BCUT2D eigenvalue weighted by Crippen LogP contribution is -2.58. The Balaban J connectivity index is 1.14. The molecule has 10 nitrogen and oxygen atoms in total. The molecule has 48 heavy (non-hydrogen) atoms. The van der Waals surface area contributed by atoms with Crippen molar-refractivity contribution in [2.75, 3.05) is 26.7 Å². The zero-order valence-corrected chi connectivity index (χ0v) is 27.5. The van der Waals surface area contributed by atoms with Crippen molar-refractivity contribution in [3.8, 4) is 17.3 Å². The molecule has 9 rings (SSSR count). The summed E-state index contributed by atoms with van der Waals surface area (Å²) in [5, 5.41) is 1.07. The zero-order chi connectivity index (χ0) is 32.7. The highest BCUT2D eigenvalue weighted by molar-refractivity contribution is 6.00. The van der Waals surface area contributed by atoms with E-state index in [-0.39, 0.29) is 29.3 Å². The first kappa shape index (κ1) is 29.4. The number of piperidine rings is 1. The van der Waals surface area contributed by atoms with Crippen LogP contribution < -0.4 is 10.5 Å². The predicted molar refractivity (Wildman–Crippen MR) is 184 cm³/mol. The number of methoxy groups -OCH3 is 1. The molecule has 5 heterocycles. The molecule has 246 valence electrons. The molecule has 3 aromatic heterocycles. The number of carbonyl (C=O) groups is 2. The number of amides is 2. The Morgan fingerprint density at radius 3 is 2.48 bits per heavy atom. The van der Waals surface area contributed by atoms with Crippen LogP contribution >= 0.6 is 0 Å². The minimum Gasteiger partial charge on any atom is -0.494 e. The SMILES string of the molecule is COc1cc(C(=O)N2CC3CCC2C3N)cc2nc(-c3cc4cccnc4n3CC3CC3)n(CC3(C)CN(C(=O)c4ccccc4)C3)c12. The molecule has 2 saturated heterocycles. The molecule has 2 saturated carbocycles. The Morgan fingerprint density at radius 2 is 1.77 bits per heavy atom. The maximum Gasteiger partial charge on any atom is 0.254 e. The second-order valence-electron chi connectivity index (χ2n) is 14.8. The summed E-state index contributed by atoms with van der Waals surface area (Å²) >= 11 is 0. The number of imidazole rings is 1. The molecule has 3 atom stereocenters. The topological polar surface area (TPSA) is 112 Å². The van der Waals surface area contributed by atoms with Gasteiger partial charge in [0.2, 0.25) is 0 Å². The van der Waals surface area contributed by atoms with Crippen LogP contribution in [0.15, 0.2) is 66.9 Å². The summed E-state index contributed by atoms with van der Waals surface area (Å²) in [4.78, 5) is 41.3. The average molecular weight is 644 g/mol. The molecule has 2 amide bonds. The lowest BCUT2D eigenvalue weighted by Gasteiger charge is -2.48. The number of carbonyl (C=O) groups excluding carboxylic acids is 2. The third kappa shape index (κ3) is 4.71. The van der Waals surface area contributed by atoms with Crippen LogP contribution in [-0.4, -0.2) is 79.5 Å². The summed E-state index contributed by atoms with van der Waals surface area (Å²) < 4.78 is 10.6. The highest BCUT2D eigenvalue weighted by atomic mass is 16.5. The number of aromatic nitrogens is 4. The molecular formula is C38H41N7O3. The zero-order valence-electron chi connectivity index (χ0n) is 27.5. The highest BCUT2D eigenvalue weighted by Crippen LogP contribution is 2.42. The summed E-state index contributed by atoms with van der Waals surface area (Å²) in [5.74, 6) is 2.47. The van der Waals surface area contributed by atoms with E-state index in [2.05, 4.69) is 28.2 Å². The van der Waals surface area contributed by atoms with Gasteiger partial charge in [-0.3, -0.25) is 9.59 Å². The Kier molecular flexibility index (Phi) is 6.70. The quantitative estimate of drug-likeness (QED) is 0.249. The van der Waals surface area contributed by atoms with Crippen molar-refractivity contribution in [1.29, 1.82) is 0 Å². The molecule has 5 aromatic rings. The van der Waals surface area contributed by atoms with Crippen molar-refractivity contribution in [2.45, 2.75) is 57.8 Å². The van der Waals surface area contributed by atoms with Crippen molar-refractivity contribution in [3.63, 3.8) is 0 Å². The molecule has 2 aliphatic carbocycles. The monoisotopic (exact) mass is 643 g/mol. The van der Waals surface area contributed by atoms with Gasteiger partial charge >= 0.3 is 0 Å². The number of ether oxygens (including phenoxy) is 1. The highest BCUT2D eigenvalue weighted by Gasteiger charge is 2.47. The van der Waals surface area contributed by atoms with Crippen molar-refractivity contribution in [2.24, 2.45) is 23.0 Å². The van der Waals surface area contributed by atoms with Crippen LogP contribution in [0.3, 0.4) is 0 Å². The van der Waals surface area contributed by atoms with Gasteiger partial charge in [0.05, 0.1) is 18.3 Å². The second kappa shape index (κ2) is 10.9. The van der Waals surface area contributed by atoms with Crippen LogP contribution in [0, 0.1) is 17.3 Å². The number of nitrogens with two attached hydrogens (primary N) is 1. The molecule has 2 aromatic carbocycles. The maximum absolute atomic E-state index is 14.0. The summed E-state index contributed by atoms with van der Waals surface area (Å²) in [6.45, 7) is 5.70. The van der Waals surface area contributed by atoms with Crippen LogP contribution in [0.2, 0.25) is 0 Å². The predicted octanol–water partition coefficient (Wildman–Crippen LogP) is 5.20. The Bertz CT molecular complexity index is 2070. The number of likely N-dealkylation sites (tertiary alicyclic amines) is 2. The number of fused-ring (bicyclic) bond motifs is 4. The summed E-state index contributed by atoms with van der Waals surface area (Å²) in [6, 6.07) is 19.7. The molecular weight excluding hydrogens is 602 g/mol. The van der Waals surface area contributed by atoms with E-state index in [1.807, 2.05) is 64.5 Å². The van der Waals surface area contributed by atoms with Gasteiger partial charge in [-0.15, -0.1) is 0 Å². The van der Waals surface area contributed by atoms with E-state index in [1.54, 1.807) is 7.11 Å². The molecule has 2 bridgehead atoms. The minimum absolute atomic E-state index is 0.0120. The second-order valence-corrected chi connectivity index (χ2v) is 14.8. The molecule has 4 fully saturated rings. The van der Waals surface area contributed by atoms with Gasteiger partial charge in [-0.25, -0.2) is 9.97 Å². The van der Waals surface area contributed by atoms with Crippen molar-refractivity contribution in [3.05, 3.63) is 78.0 Å². The van der Waals surface area contributed by atoms with Crippen LogP contribution in [0.4, 0.5) is 0 Å². The summed E-state index contributed by atoms with van der Waals surface area (Å²) in [6.07, 6.45) is 6.32. The Hall–Kier alpha value is -4.70. The van der Waals surface area contributed by atoms with Crippen LogP contribution in [0.25, 0.3) is 33.6 Å². The van der Waals surface area contributed by atoms with Crippen LogP contribution in [0.1, 0.15) is 53.3 Å². The van der Waals surface area contributed by atoms with Gasteiger partial charge in [0, 0.05) is 72.9 Å². The summed E-state index contributed by atoms with van der Waals surface area (Å²) in [5.41, 5.74) is 11.1. The van der Waals surface area contributed by atoms with E-state index >= 15 is 0 Å². The van der Waals surface area contributed by atoms with E-state index in [1.165, 1.54) is 12.8 Å². The van der Waals surface area contributed by atoms with Gasteiger partial charge in [0.15, 0.2) is 5.82 Å². The van der Waals surface area contributed by atoms with Gasteiger partial charge in [-0.2, -0.15) is 0 Å². The van der Waals surface area contributed by atoms with E-state index in [9.17, 15) is 9.59 Å². The first-order chi connectivity index (χ1) is 23.3. The number of nitrogens with zero attached hydrogens (tertiary/aromatic N) is 6. The fourth-order valence-corrected chi connectivity index (χ4v) is 8.59. The van der Waals surface area contributed by atoms with Crippen molar-refractivity contribution in [1.82, 2.24) is 28.9 Å². The van der Waals surface area contributed by atoms with E-state index in [0.717, 1.165) is 53.0 Å². The van der Waals surface area contributed by atoms with Gasteiger partial charge < -0.3 is 29.4 Å². The number of hydrogen-bond donors (Lipinski definition) is 1. The molecule has 0 radical (unpaired) electrons. The number of benzene rings is 2. The smallest absolute Gasteiger partial charge is 0.254 e. The molecule has 10 heteroatoms. The number of hydrogen-bond acceptors (Lipinski definition) is 6. The molecule has 4 aliphatic rings. The molecule has 2 aliphatic heterocycles. The summed E-state index contributed by atoms with van der Waals surface area (Å²) in [7, 11) is 1.66. The minimum atomic E-state index is -0.192. The standard InChI is InChI=1S/C38H41N7O3/c1-38(20-42(21-38)36(46)24-7-4-3-5-8-24)22-45-33-28(15-27(17-31(33)48-2)37(47)44-19-26-12-13-29(44)32(26)39)41-35(45)30-16-25-9-6-14-40-34(25)43(30)18-23-10-11-23/h3-9,14-17,23,26,29,32H,10-13,18-22,39H2,1-2H3. The molecule has 0 spiro atoms. The molecule has 2 N–H and O–H groups in total. The number of pyridine rings is 1. The average Bonchev–Trinajstić information content (AvgIpc) is 3.46. The van der Waals surface area contributed by atoms with Crippen molar-refractivity contribution >= 4 is 33.9 Å². The van der Waals surface area contributed by atoms with E-state index < -0.39 is 0 Å². The first-order valence-electron chi connectivity index (χ1n) is 17.2. The Morgan fingerprint density at radius 1 is 0.958 bits per heavy atom. The van der Waals surface area contributed by atoms with Crippen LogP contribution in [-0.2, 0) is 13.1 Å². The normalized spacial score (nSPS) is 22.9. The van der Waals surface area contributed by atoms with Gasteiger partial charge in [0.25, 0.3) is 11.8 Å². The lowest BCUT2D eigenvalue weighted by atomic mass is 9.81. The van der Waals surface area contributed by atoms with Gasteiger partial charge in [-0.1, -0.05) is 25.1 Å². The van der Waals surface area contributed by atoms with E-state index in [4.69, 9.17) is 20.4 Å². The fraction of sp³-hybridized carbons (Fsp3) is 0.421. The first-order valence-corrected chi connectivity index (χ1v) is 17.2. The Labute approximate surface area is 279 Å². The van der Waals surface area contributed by atoms with E-state index in [0.29, 0.717) is 54.9 Å². The third-order valence-electron chi connectivity index (χ3n) is 11.2.